The Morgan fingerprint density at radius 2 is 1.98 bits per heavy atom. The third-order valence-electron chi connectivity index (χ3n) is 6.63. The van der Waals surface area contributed by atoms with E-state index in [0.717, 1.165) is 5.56 Å². The molecule has 42 heavy (non-hydrogen) atoms. The fraction of sp³-hybridized carbons (Fsp3) is 0.300. The molecule has 0 saturated carbocycles. The number of halogens is 1. The highest BCUT2D eigenvalue weighted by molar-refractivity contribution is 5.94. The summed E-state index contributed by atoms with van der Waals surface area (Å²) in [6.45, 7) is 1.71. The van der Waals surface area contributed by atoms with Crippen LogP contribution in [0, 0.1) is 5.82 Å². The van der Waals surface area contributed by atoms with Crippen LogP contribution in [-0.2, 0) is 29.1 Å². The average molecular weight is 575 g/mol. The molecular formula is C30H31FN6O5. The van der Waals surface area contributed by atoms with E-state index >= 15 is 0 Å². The molecule has 4 aromatic rings. The molecule has 0 saturated heterocycles. The highest BCUT2D eigenvalue weighted by atomic mass is 19.1. The van der Waals surface area contributed by atoms with Crippen LogP contribution in [0.25, 0.3) is 11.0 Å². The van der Waals surface area contributed by atoms with Crippen LogP contribution in [0.3, 0.4) is 0 Å². The van der Waals surface area contributed by atoms with Crippen molar-refractivity contribution in [3.8, 4) is 11.6 Å². The fourth-order valence-electron chi connectivity index (χ4n) is 4.50. The summed E-state index contributed by atoms with van der Waals surface area (Å²) in [5.41, 5.74) is 2.99. The molecule has 0 aliphatic carbocycles. The van der Waals surface area contributed by atoms with Crippen molar-refractivity contribution >= 4 is 28.9 Å². The van der Waals surface area contributed by atoms with Crippen LogP contribution in [0.5, 0.6) is 11.6 Å². The summed E-state index contributed by atoms with van der Waals surface area (Å²) >= 11 is 0. The van der Waals surface area contributed by atoms with Crippen LogP contribution in [0.2, 0.25) is 0 Å². The molecule has 0 unspecified atom stereocenters. The predicted molar refractivity (Wildman–Crippen MR) is 153 cm³/mol. The molecule has 11 nitrogen and oxygen atoms in total. The first-order valence-electron chi connectivity index (χ1n) is 13.6. The van der Waals surface area contributed by atoms with Gasteiger partial charge in [-0.05, 0) is 49.7 Å². The maximum absolute atomic E-state index is 14.6. The minimum Gasteiger partial charge on any atom is -0.481 e. The zero-order chi connectivity index (χ0) is 29.3. The van der Waals surface area contributed by atoms with Crippen LogP contribution in [-0.4, -0.2) is 65.2 Å². The Labute approximate surface area is 242 Å². The minimum absolute atomic E-state index is 0.0618. The number of aromatic nitrogens is 3. The van der Waals surface area contributed by atoms with Crippen molar-refractivity contribution in [2.24, 2.45) is 0 Å². The van der Waals surface area contributed by atoms with Gasteiger partial charge in [-0.2, -0.15) is 0 Å². The van der Waals surface area contributed by atoms with Gasteiger partial charge in [0.1, 0.15) is 12.4 Å². The minimum atomic E-state index is -0.482. The van der Waals surface area contributed by atoms with Crippen molar-refractivity contribution < 1.29 is 28.2 Å². The van der Waals surface area contributed by atoms with Crippen LogP contribution in [0.15, 0.2) is 60.8 Å². The van der Waals surface area contributed by atoms with Gasteiger partial charge in [-0.15, -0.1) is 0 Å². The SMILES string of the molecule is COc1ccc2ncc(F)c(CCNCCCN(Cc3ccc4c(n3)NC(=O)CO4)C(=O)OCc3ccccc3)c2n1. The molecule has 2 amide bonds. The number of hydrogen-bond acceptors (Lipinski definition) is 9. The van der Waals surface area contributed by atoms with Crippen molar-refractivity contribution in [2.45, 2.75) is 26.0 Å². The molecule has 0 fully saturated rings. The smallest absolute Gasteiger partial charge is 0.410 e. The molecule has 2 N–H and O–H groups in total. The normalized spacial score (nSPS) is 12.3. The maximum Gasteiger partial charge on any atom is 0.410 e. The van der Waals surface area contributed by atoms with Gasteiger partial charge in [0.25, 0.3) is 5.91 Å². The Bertz CT molecular complexity index is 1550. The third-order valence-corrected chi connectivity index (χ3v) is 6.63. The first-order chi connectivity index (χ1) is 20.5. The number of amides is 2. The molecule has 1 aliphatic rings. The van der Waals surface area contributed by atoms with E-state index in [1.54, 1.807) is 29.2 Å². The van der Waals surface area contributed by atoms with Gasteiger partial charge in [0.2, 0.25) is 5.88 Å². The number of anilines is 1. The van der Waals surface area contributed by atoms with Gasteiger partial charge in [0.15, 0.2) is 18.2 Å². The lowest BCUT2D eigenvalue weighted by atomic mass is 10.1. The van der Waals surface area contributed by atoms with Gasteiger partial charge in [-0.25, -0.2) is 19.2 Å². The van der Waals surface area contributed by atoms with E-state index in [0.29, 0.717) is 72.2 Å². The van der Waals surface area contributed by atoms with E-state index in [-0.39, 0.29) is 25.7 Å². The summed E-state index contributed by atoms with van der Waals surface area (Å²) in [7, 11) is 1.51. The number of methoxy groups -OCH3 is 1. The number of fused-ring (bicyclic) bond motifs is 2. The van der Waals surface area contributed by atoms with E-state index < -0.39 is 11.9 Å². The second-order valence-corrected chi connectivity index (χ2v) is 9.61. The highest BCUT2D eigenvalue weighted by Gasteiger charge is 2.21. The van der Waals surface area contributed by atoms with Gasteiger partial charge in [0.05, 0.1) is 36.6 Å². The summed E-state index contributed by atoms with van der Waals surface area (Å²) in [6.07, 6.45) is 1.73. The second kappa shape index (κ2) is 13.7. The Morgan fingerprint density at radius 3 is 2.81 bits per heavy atom. The summed E-state index contributed by atoms with van der Waals surface area (Å²) in [5, 5.41) is 6.00. The van der Waals surface area contributed by atoms with Gasteiger partial charge < -0.3 is 29.7 Å². The Morgan fingerprint density at radius 1 is 1.12 bits per heavy atom. The number of benzene rings is 1. The van der Waals surface area contributed by atoms with Crippen molar-refractivity contribution in [2.75, 3.05) is 38.7 Å². The van der Waals surface area contributed by atoms with Crippen molar-refractivity contribution in [3.63, 3.8) is 0 Å². The standard InChI is InChI=1S/C30H31FN6O5/c1-40-27-11-9-24-28(36-27)22(23(31)16-33-24)12-14-32-13-5-15-37(30(39)42-18-20-6-3-2-4-7-20)17-21-8-10-25-29(34-21)35-26(38)19-41-25/h2-4,6-11,16,32H,5,12-15,17-19H2,1H3,(H,34,35,38). The van der Waals surface area contributed by atoms with E-state index in [2.05, 4.69) is 25.6 Å². The molecule has 0 atom stereocenters. The second-order valence-electron chi connectivity index (χ2n) is 9.61. The summed E-state index contributed by atoms with van der Waals surface area (Å²) in [4.78, 5) is 39.3. The number of pyridine rings is 3. The number of hydrogen-bond donors (Lipinski definition) is 2. The molecule has 3 aromatic heterocycles. The summed E-state index contributed by atoms with van der Waals surface area (Å²) in [5.74, 6) is 0.494. The molecule has 4 heterocycles. The number of rotatable bonds is 12. The Hall–Kier alpha value is -4.84. The Kier molecular flexibility index (Phi) is 9.34. The number of ether oxygens (including phenoxy) is 3. The number of nitrogens with zero attached hydrogens (tertiary/aromatic N) is 4. The first-order valence-corrected chi connectivity index (χ1v) is 13.6. The highest BCUT2D eigenvalue weighted by Crippen LogP contribution is 2.26. The number of carbonyl (C=O) groups is 2. The quantitative estimate of drug-likeness (QED) is 0.243. The summed E-state index contributed by atoms with van der Waals surface area (Å²) < 4.78 is 30.7. The number of carbonyl (C=O) groups excluding carboxylic acids is 2. The van der Waals surface area contributed by atoms with Crippen molar-refractivity contribution in [1.82, 2.24) is 25.2 Å². The Balaban J connectivity index is 1.18. The average Bonchev–Trinajstić information content (AvgIpc) is 3.01. The van der Waals surface area contributed by atoms with Crippen molar-refractivity contribution in [1.29, 1.82) is 0 Å². The monoisotopic (exact) mass is 574 g/mol. The van der Waals surface area contributed by atoms with Crippen LogP contribution in [0.1, 0.15) is 23.2 Å². The van der Waals surface area contributed by atoms with Crippen LogP contribution in [0.4, 0.5) is 15.0 Å². The summed E-state index contributed by atoms with van der Waals surface area (Å²) in [6, 6.07) is 16.3. The first kappa shape index (κ1) is 28.7. The molecule has 0 spiro atoms. The topological polar surface area (TPSA) is 128 Å². The third kappa shape index (κ3) is 7.26. The van der Waals surface area contributed by atoms with E-state index in [4.69, 9.17) is 14.2 Å². The zero-order valence-corrected chi connectivity index (χ0v) is 23.1. The van der Waals surface area contributed by atoms with Gasteiger partial charge in [-0.1, -0.05) is 30.3 Å². The number of nitrogens with one attached hydrogen (secondary N) is 2. The van der Waals surface area contributed by atoms with Crippen LogP contribution < -0.4 is 20.1 Å². The molecular weight excluding hydrogens is 543 g/mol. The van der Waals surface area contributed by atoms with Gasteiger partial charge >= 0.3 is 6.09 Å². The molecule has 5 rings (SSSR count). The van der Waals surface area contributed by atoms with E-state index in [1.165, 1.54) is 13.3 Å². The largest absolute Gasteiger partial charge is 0.481 e. The zero-order valence-electron chi connectivity index (χ0n) is 23.1. The van der Waals surface area contributed by atoms with E-state index in [9.17, 15) is 14.0 Å². The molecule has 0 radical (unpaired) electrons. The maximum atomic E-state index is 14.6. The predicted octanol–water partition coefficient (Wildman–Crippen LogP) is 3.86. The van der Waals surface area contributed by atoms with Gasteiger partial charge in [0, 0.05) is 18.2 Å². The molecule has 1 aliphatic heterocycles. The van der Waals surface area contributed by atoms with Crippen LogP contribution >= 0.6 is 0 Å². The molecule has 1 aromatic carbocycles. The molecule has 12 heteroatoms. The fourth-order valence-corrected chi connectivity index (χ4v) is 4.50. The lowest BCUT2D eigenvalue weighted by molar-refractivity contribution is -0.118. The molecule has 218 valence electrons. The van der Waals surface area contributed by atoms with Gasteiger partial charge in [-0.3, -0.25) is 9.78 Å². The lowest BCUT2D eigenvalue weighted by Crippen LogP contribution is -2.34. The lowest BCUT2D eigenvalue weighted by Gasteiger charge is -2.23. The van der Waals surface area contributed by atoms with E-state index in [1.807, 2.05) is 30.3 Å². The molecule has 0 bridgehead atoms. The van der Waals surface area contributed by atoms with Crippen molar-refractivity contribution in [3.05, 3.63) is 83.4 Å².